The Labute approximate surface area is 717 Å². The monoisotopic (exact) mass is 1690 g/mol. The summed E-state index contributed by atoms with van der Waals surface area (Å²) in [5.74, 6) is -1.54. The number of allylic oxidation sites excluding steroid dienone is 18. The molecule has 680 valence electrons. The Bertz CT molecular complexity index is 2560. The van der Waals surface area contributed by atoms with Gasteiger partial charge in [0.1, 0.15) is 25.4 Å². The van der Waals surface area contributed by atoms with E-state index in [-0.39, 0.29) is 19.3 Å². The van der Waals surface area contributed by atoms with Crippen LogP contribution in [-0.2, 0) is 55.8 Å². The molecule has 5 atom stereocenters. The molecule has 5 unspecified atom stereocenters. The number of ether oxygens (including phenoxy) is 3. The minimum Gasteiger partial charge on any atom is -0.463 e. The SMILES string of the molecule is CC/C=C\C/C=C\C/C=C\C/C=C\C/C=C\CCCCCCCCCCCCCCCCCCCCCC(=O)OCC(O)COP(=O)(O)OCC(O)COP(=O)(O)OCC(COC(=O)CCCCCCCCCCCCCCCCCCC/C=C\C/C=C\C/C=C\C/C=C\CCCCC)OC(=O)CCCCCCCCCCCCCCC. The molecule has 0 spiro atoms. The number of phosphoric acid groups is 2. The minimum atomic E-state index is -4.93. The molecule has 0 aromatic heterocycles. The van der Waals surface area contributed by atoms with Crippen molar-refractivity contribution in [1.82, 2.24) is 0 Å². The molecule has 0 saturated carbocycles. The van der Waals surface area contributed by atoms with Gasteiger partial charge in [-0.15, -0.1) is 0 Å². The highest BCUT2D eigenvalue weighted by Gasteiger charge is 2.30. The average molecular weight is 1690 g/mol. The fourth-order valence-electron chi connectivity index (χ4n) is 13.7. The number of hydrogen-bond acceptors (Lipinski definition) is 14. The lowest BCUT2D eigenvalue weighted by molar-refractivity contribution is -0.161. The Hall–Kier alpha value is -3.79. The number of esters is 3. The van der Waals surface area contributed by atoms with Gasteiger partial charge in [0.15, 0.2) is 6.10 Å². The summed E-state index contributed by atoms with van der Waals surface area (Å²) in [7, 11) is -9.79. The molecular weight excluding hydrogens is 1510 g/mol. The predicted octanol–water partition coefficient (Wildman–Crippen LogP) is 29.8. The summed E-state index contributed by atoms with van der Waals surface area (Å²) in [5.41, 5.74) is 0. The van der Waals surface area contributed by atoms with Crippen molar-refractivity contribution < 1.29 is 75.8 Å². The third-order valence-corrected chi connectivity index (χ3v) is 22.9. The molecule has 0 saturated heterocycles. The van der Waals surface area contributed by atoms with Gasteiger partial charge in [0, 0.05) is 19.3 Å². The Morgan fingerprint density at radius 3 is 0.735 bits per heavy atom. The second kappa shape index (κ2) is 91.4. The van der Waals surface area contributed by atoms with Crippen LogP contribution in [0.1, 0.15) is 445 Å². The summed E-state index contributed by atoms with van der Waals surface area (Å²) in [6.45, 7) is 2.63. The van der Waals surface area contributed by atoms with Crippen LogP contribution in [0, 0.1) is 0 Å². The van der Waals surface area contributed by atoms with Gasteiger partial charge < -0.3 is 34.2 Å². The highest BCUT2D eigenvalue weighted by Crippen LogP contribution is 2.45. The third kappa shape index (κ3) is 92.8. The summed E-state index contributed by atoms with van der Waals surface area (Å²) in [5, 5.41) is 20.7. The first-order valence-electron chi connectivity index (χ1n) is 48.2. The van der Waals surface area contributed by atoms with E-state index in [1.807, 2.05) is 0 Å². The molecule has 0 aliphatic heterocycles. The van der Waals surface area contributed by atoms with Crippen LogP contribution in [0.3, 0.4) is 0 Å². The molecule has 16 nitrogen and oxygen atoms in total. The van der Waals surface area contributed by atoms with Gasteiger partial charge in [-0.1, -0.05) is 425 Å². The van der Waals surface area contributed by atoms with Crippen molar-refractivity contribution in [2.45, 2.75) is 463 Å². The second-order valence-corrected chi connectivity index (χ2v) is 35.4. The van der Waals surface area contributed by atoms with Gasteiger partial charge in [0.05, 0.1) is 26.4 Å². The zero-order valence-electron chi connectivity index (χ0n) is 75.1. The predicted molar refractivity (Wildman–Crippen MR) is 491 cm³/mol. The van der Waals surface area contributed by atoms with Gasteiger partial charge in [0.25, 0.3) is 0 Å². The smallest absolute Gasteiger partial charge is 0.463 e. The fraction of sp³-hybridized carbons (Fsp3) is 0.788. The van der Waals surface area contributed by atoms with Crippen LogP contribution in [0.2, 0.25) is 0 Å². The summed E-state index contributed by atoms with van der Waals surface area (Å²) in [6.07, 6.45) is 112. The molecule has 0 heterocycles. The highest BCUT2D eigenvalue weighted by molar-refractivity contribution is 7.47. The standard InChI is InChI=1S/C99H178O16P2/c1-4-7-10-13-16-19-22-25-27-29-31-33-35-37-39-41-43-45-46-48-50-51-53-55-57-59-61-63-65-68-70-73-76-79-82-85-97(102)109-88-94(100)89-111-116(105,106)112-90-95(101)91-113-117(107,108)114-93-96(115-99(104)87-84-81-78-75-72-67-24-21-18-15-12-9-6-3)92-110-98(103)86-83-80-77-74-71-69-66-64-62-60-58-56-54-52-49-47-44-42-40-38-36-34-32-30-28-26-23-20-17-14-11-8-5-2/h7,10,16-17,19-20,25-28,31-34,37-40,94-96,100-101H,4-6,8-9,11-15,18,21-24,29-30,35-36,41-93H2,1-3H3,(H,105,106)(H,107,108)/b10-7-,19-16-,20-17-,27-25-,28-26-,33-31-,34-32-,39-37-,40-38-. The Morgan fingerprint density at radius 2 is 0.453 bits per heavy atom. The van der Waals surface area contributed by atoms with Crippen molar-refractivity contribution in [2.75, 3.05) is 39.6 Å². The van der Waals surface area contributed by atoms with Crippen molar-refractivity contribution in [3.05, 3.63) is 109 Å². The summed E-state index contributed by atoms with van der Waals surface area (Å²) in [6, 6.07) is 0. The van der Waals surface area contributed by atoms with Crippen LogP contribution < -0.4 is 0 Å². The Kier molecular flexibility index (Phi) is 88.5. The second-order valence-electron chi connectivity index (χ2n) is 32.5. The lowest BCUT2D eigenvalue weighted by Gasteiger charge is -2.21. The van der Waals surface area contributed by atoms with Crippen molar-refractivity contribution >= 4 is 33.6 Å². The minimum absolute atomic E-state index is 0.111. The summed E-state index contributed by atoms with van der Waals surface area (Å²) < 4.78 is 61.4. The van der Waals surface area contributed by atoms with Gasteiger partial charge in [0.2, 0.25) is 0 Å². The number of carbonyl (C=O) groups is 3. The van der Waals surface area contributed by atoms with E-state index in [9.17, 15) is 43.5 Å². The van der Waals surface area contributed by atoms with Crippen molar-refractivity contribution in [1.29, 1.82) is 0 Å². The van der Waals surface area contributed by atoms with Crippen LogP contribution in [0.5, 0.6) is 0 Å². The first-order valence-corrected chi connectivity index (χ1v) is 51.2. The zero-order chi connectivity index (χ0) is 85.1. The maximum atomic E-state index is 13.0. The lowest BCUT2D eigenvalue weighted by Crippen LogP contribution is -2.30. The molecule has 117 heavy (non-hydrogen) atoms. The molecular formula is C99H178O16P2. The van der Waals surface area contributed by atoms with E-state index in [2.05, 4.69) is 130 Å². The third-order valence-electron chi connectivity index (χ3n) is 21.0. The fourth-order valence-corrected chi connectivity index (χ4v) is 15.3. The van der Waals surface area contributed by atoms with Crippen LogP contribution in [0.15, 0.2) is 109 Å². The first kappa shape index (κ1) is 113. The van der Waals surface area contributed by atoms with Gasteiger partial charge in [-0.05, 0) is 109 Å². The molecule has 0 aliphatic carbocycles. The molecule has 0 aromatic carbocycles. The van der Waals surface area contributed by atoms with E-state index in [1.165, 1.54) is 270 Å². The molecule has 4 N–H and O–H groups in total. The van der Waals surface area contributed by atoms with Gasteiger partial charge in [-0.25, -0.2) is 9.13 Å². The Morgan fingerprint density at radius 1 is 0.248 bits per heavy atom. The van der Waals surface area contributed by atoms with Gasteiger partial charge >= 0.3 is 33.6 Å². The van der Waals surface area contributed by atoms with Crippen molar-refractivity contribution in [2.24, 2.45) is 0 Å². The quantitative estimate of drug-likeness (QED) is 0.0146. The van der Waals surface area contributed by atoms with Crippen molar-refractivity contribution in [3.8, 4) is 0 Å². The van der Waals surface area contributed by atoms with Crippen LogP contribution in [-0.4, -0.2) is 95.9 Å². The topological polar surface area (TPSA) is 231 Å². The van der Waals surface area contributed by atoms with Gasteiger partial charge in [-0.2, -0.15) is 0 Å². The normalized spacial score (nSPS) is 14.2. The largest absolute Gasteiger partial charge is 0.472 e. The van der Waals surface area contributed by atoms with E-state index >= 15 is 0 Å². The lowest BCUT2D eigenvalue weighted by atomic mass is 10.0. The summed E-state index contributed by atoms with van der Waals surface area (Å²) in [4.78, 5) is 58.9. The zero-order valence-corrected chi connectivity index (χ0v) is 76.9. The molecule has 0 radical (unpaired) electrons. The van der Waals surface area contributed by atoms with Gasteiger partial charge in [-0.3, -0.25) is 32.5 Å². The number of unbranched alkanes of at least 4 members (excludes halogenated alkanes) is 51. The molecule has 0 aliphatic rings. The average Bonchev–Trinajstić information content (AvgIpc) is 0.900. The van der Waals surface area contributed by atoms with E-state index < -0.39 is 91.5 Å². The number of rotatable bonds is 92. The van der Waals surface area contributed by atoms with E-state index in [1.54, 1.807) is 0 Å². The maximum absolute atomic E-state index is 13.0. The van der Waals surface area contributed by atoms with Crippen LogP contribution in [0.4, 0.5) is 0 Å². The molecule has 0 amide bonds. The number of phosphoric ester groups is 2. The Balaban J connectivity index is 4.34. The maximum Gasteiger partial charge on any atom is 0.472 e. The van der Waals surface area contributed by atoms with Crippen LogP contribution >= 0.6 is 15.6 Å². The molecule has 0 rings (SSSR count). The summed E-state index contributed by atoms with van der Waals surface area (Å²) >= 11 is 0. The van der Waals surface area contributed by atoms with E-state index in [0.717, 1.165) is 116 Å². The highest BCUT2D eigenvalue weighted by atomic mass is 31.2. The number of aliphatic hydroxyl groups is 2. The molecule has 18 heteroatoms. The van der Waals surface area contributed by atoms with E-state index in [4.69, 9.17) is 32.3 Å². The molecule has 0 fully saturated rings. The number of aliphatic hydroxyl groups excluding tert-OH is 2. The molecule has 0 bridgehead atoms. The van der Waals surface area contributed by atoms with Crippen LogP contribution in [0.25, 0.3) is 0 Å². The number of carbonyl (C=O) groups excluding carboxylic acids is 3. The molecule has 0 aromatic rings. The number of hydrogen-bond donors (Lipinski definition) is 4. The van der Waals surface area contributed by atoms with Crippen molar-refractivity contribution in [3.63, 3.8) is 0 Å². The van der Waals surface area contributed by atoms with E-state index in [0.29, 0.717) is 19.3 Å². The first-order chi connectivity index (χ1) is 57.2.